The van der Waals surface area contributed by atoms with Crippen LogP contribution in [0.25, 0.3) is 0 Å². The van der Waals surface area contributed by atoms with Crippen molar-refractivity contribution in [3.8, 4) is 6.07 Å². The molecule has 1 N–H and O–H groups in total. The van der Waals surface area contributed by atoms with Crippen molar-refractivity contribution in [2.45, 2.75) is 63.3 Å². The number of nitrogens with zero attached hydrogens (tertiary/aromatic N) is 2. The van der Waals surface area contributed by atoms with Gasteiger partial charge in [0.25, 0.3) is 0 Å². The highest BCUT2D eigenvalue weighted by Crippen LogP contribution is 2.36. The van der Waals surface area contributed by atoms with Crippen LogP contribution in [-0.2, 0) is 14.3 Å². The van der Waals surface area contributed by atoms with Gasteiger partial charge in [-0.05, 0) is 25.2 Å². The summed E-state index contributed by atoms with van der Waals surface area (Å²) in [6.45, 7) is 2.36. The van der Waals surface area contributed by atoms with E-state index in [-0.39, 0.29) is 24.2 Å². The molecule has 2 saturated carbocycles. The van der Waals surface area contributed by atoms with Gasteiger partial charge >= 0.3 is 0 Å². The maximum Gasteiger partial charge on any atom is 0.224 e. The first-order chi connectivity index (χ1) is 12.1. The minimum atomic E-state index is -0.663. The van der Waals surface area contributed by atoms with Crippen LogP contribution in [-0.4, -0.2) is 48.6 Å². The Balaban J connectivity index is 1.61. The second kappa shape index (κ2) is 8.18. The minimum Gasteiger partial charge on any atom is -0.378 e. The summed E-state index contributed by atoms with van der Waals surface area (Å²) in [6, 6.07) is 2.21. The zero-order valence-corrected chi connectivity index (χ0v) is 15.0. The lowest BCUT2D eigenvalue weighted by atomic mass is 9.81. The molecule has 2 amide bonds. The van der Waals surface area contributed by atoms with Crippen molar-refractivity contribution >= 4 is 11.8 Å². The van der Waals surface area contributed by atoms with Gasteiger partial charge in [-0.25, -0.2) is 0 Å². The fourth-order valence-corrected chi connectivity index (χ4v) is 3.99. The summed E-state index contributed by atoms with van der Waals surface area (Å²) in [4.78, 5) is 27.2. The molecule has 1 aliphatic heterocycles. The Hall–Kier alpha value is -1.61. The normalized spacial score (nSPS) is 24.2. The summed E-state index contributed by atoms with van der Waals surface area (Å²) >= 11 is 0. The third-order valence-electron chi connectivity index (χ3n) is 5.82. The molecule has 138 valence electrons. The predicted molar refractivity (Wildman–Crippen MR) is 92.4 cm³/mol. The average molecular weight is 347 g/mol. The lowest BCUT2D eigenvalue weighted by molar-refractivity contribution is -0.140. The number of carbonyl (C=O) groups excluding carboxylic acids is 2. The average Bonchev–Trinajstić information content (AvgIpc) is 3.42. The van der Waals surface area contributed by atoms with Gasteiger partial charge in [0.05, 0.1) is 19.3 Å². The second-order valence-electron chi connectivity index (χ2n) is 7.82. The summed E-state index contributed by atoms with van der Waals surface area (Å²) < 4.78 is 5.30. The molecule has 1 atom stereocenters. The summed E-state index contributed by atoms with van der Waals surface area (Å²) in [5.74, 6) is 0.149. The van der Waals surface area contributed by atoms with Crippen LogP contribution < -0.4 is 5.32 Å². The summed E-state index contributed by atoms with van der Waals surface area (Å²) in [6.07, 6.45) is 8.49. The molecule has 0 radical (unpaired) electrons. The molecule has 0 bridgehead atoms. The molecule has 0 aromatic carbocycles. The monoisotopic (exact) mass is 347 g/mol. The molecule has 0 spiro atoms. The molecule has 1 saturated heterocycles. The van der Waals surface area contributed by atoms with Gasteiger partial charge in [0, 0.05) is 25.4 Å². The molecule has 3 fully saturated rings. The topological polar surface area (TPSA) is 82.4 Å². The fraction of sp³-hybridized carbons (Fsp3) is 0.842. The largest absolute Gasteiger partial charge is 0.378 e. The second-order valence-corrected chi connectivity index (χ2v) is 7.82. The van der Waals surface area contributed by atoms with E-state index in [4.69, 9.17) is 4.74 Å². The minimum absolute atomic E-state index is 0.0427. The summed E-state index contributed by atoms with van der Waals surface area (Å²) in [7, 11) is 0. The van der Waals surface area contributed by atoms with E-state index >= 15 is 0 Å². The van der Waals surface area contributed by atoms with E-state index in [1.807, 2.05) is 4.90 Å². The van der Waals surface area contributed by atoms with E-state index < -0.39 is 5.54 Å². The first-order valence-electron chi connectivity index (χ1n) is 9.71. The van der Waals surface area contributed by atoms with E-state index in [0.29, 0.717) is 32.2 Å². The van der Waals surface area contributed by atoms with Gasteiger partial charge in [0.15, 0.2) is 0 Å². The van der Waals surface area contributed by atoms with E-state index in [0.717, 1.165) is 32.1 Å². The van der Waals surface area contributed by atoms with Gasteiger partial charge in [0.2, 0.25) is 11.8 Å². The lowest BCUT2D eigenvalue weighted by Crippen LogP contribution is -2.45. The molecular formula is C19H29N3O3. The Kier molecular flexibility index (Phi) is 5.95. The standard InChI is InChI=1S/C19H29N3O3/c20-14-19(6-7-19)21-18(24)16(12-15-4-2-1-3-5-15)13-17(23)22-8-10-25-11-9-22/h15-16H,1-13H2,(H,21,24)/t16-/m1/s1. The Morgan fingerprint density at radius 2 is 1.88 bits per heavy atom. The van der Waals surface area contributed by atoms with Crippen LogP contribution in [0.15, 0.2) is 0 Å². The number of rotatable bonds is 6. The van der Waals surface area contributed by atoms with Crippen LogP contribution in [0.3, 0.4) is 0 Å². The molecule has 6 heteroatoms. The summed E-state index contributed by atoms with van der Waals surface area (Å²) in [5, 5.41) is 12.2. The number of hydrogen-bond donors (Lipinski definition) is 1. The molecule has 2 aliphatic carbocycles. The van der Waals surface area contributed by atoms with Crippen LogP contribution in [0.5, 0.6) is 0 Å². The first kappa shape index (κ1) is 18.2. The van der Waals surface area contributed by atoms with E-state index in [1.165, 1.54) is 19.3 Å². The molecule has 3 rings (SSSR count). The zero-order valence-electron chi connectivity index (χ0n) is 15.0. The van der Waals surface area contributed by atoms with E-state index in [2.05, 4.69) is 11.4 Å². The quantitative estimate of drug-likeness (QED) is 0.796. The number of morpholine rings is 1. The Labute approximate surface area is 149 Å². The van der Waals surface area contributed by atoms with Gasteiger partial charge in [-0.15, -0.1) is 0 Å². The number of carbonyl (C=O) groups is 2. The molecule has 25 heavy (non-hydrogen) atoms. The third kappa shape index (κ3) is 4.94. The van der Waals surface area contributed by atoms with E-state index in [9.17, 15) is 14.9 Å². The predicted octanol–water partition coefficient (Wildman–Crippen LogP) is 1.99. The number of nitriles is 1. The van der Waals surface area contributed by atoms with Gasteiger partial charge in [-0.1, -0.05) is 32.1 Å². The van der Waals surface area contributed by atoms with Crippen molar-refractivity contribution in [1.29, 1.82) is 5.26 Å². The molecule has 0 unspecified atom stereocenters. The van der Waals surface area contributed by atoms with Crippen molar-refractivity contribution in [1.82, 2.24) is 10.2 Å². The molecule has 0 aromatic heterocycles. The third-order valence-corrected chi connectivity index (χ3v) is 5.82. The smallest absolute Gasteiger partial charge is 0.224 e. The maximum absolute atomic E-state index is 12.8. The van der Waals surface area contributed by atoms with Crippen LogP contribution in [0, 0.1) is 23.2 Å². The van der Waals surface area contributed by atoms with Gasteiger partial charge in [-0.3, -0.25) is 9.59 Å². The van der Waals surface area contributed by atoms with Crippen LogP contribution in [0.4, 0.5) is 0 Å². The number of hydrogen-bond acceptors (Lipinski definition) is 4. The van der Waals surface area contributed by atoms with Gasteiger partial charge < -0.3 is 15.0 Å². The van der Waals surface area contributed by atoms with Crippen molar-refractivity contribution in [3.05, 3.63) is 0 Å². The first-order valence-corrected chi connectivity index (χ1v) is 9.71. The van der Waals surface area contributed by atoms with Crippen molar-refractivity contribution < 1.29 is 14.3 Å². The number of nitrogens with one attached hydrogen (secondary N) is 1. The van der Waals surface area contributed by atoms with Gasteiger partial charge in [0.1, 0.15) is 5.54 Å². The van der Waals surface area contributed by atoms with E-state index in [1.54, 1.807) is 0 Å². The zero-order chi connectivity index (χ0) is 17.7. The molecule has 3 aliphatic rings. The summed E-state index contributed by atoms with van der Waals surface area (Å²) in [5.41, 5.74) is -0.663. The Bertz CT molecular complexity index is 527. The van der Waals surface area contributed by atoms with Crippen LogP contribution in [0.1, 0.15) is 57.8 Å². The van der Waals surface area contributed by atoms with Crippen molar-refractivity contribution in [2.75, 3.05) is 26.3 Å². The molecular weight excluding hydrogens is 318 g/mol. The van der Waals surface area contributed by atoms with Crippen molar-refractivity contribution in [3.63, 3.8) is 0 Å². The fourth-order valence-electron chi connectivity index (χ4n) is 3.99. The van der Waals surface area contributed by atoms with Crippen molar-refractivity contribution in [2.24, 2.45) is 11.8 Å². The highest BCUT2D eigenvalue weighted by atomic mass is 16.5. The maximum atomic E-state index is 12.8. The van der Waals surface area contributed by atoms with Gasteiger partial charge in [-0.2, -0.15) is 5.26 Å². The highest BCUT2D eigenvalue weighted by molar-refractivity contribution is 5.86. The molecule has 6 nitrogen and oxygen atoms in total. The highest BCUT2D eigenvalue weighted by Gasteiger charge is 2.46. The Morgan fingerprint density at radius 1 is 1.20 bits per heavy atom. The van der Waals surface area contributed by atoms with Crippen LogP contribution >= 0.6 is 0 Å². The molecule has 1 heterocycles. The number of amides is 2. The number of ether oxygens (including phenoxy) is 1. The SMILES string of the molecule is N#CC1(NC(=O)[C@@H](CC(=O)N2CCOCC2)CC2CCCCC2)CC1. The molecule has 0 aromatic rings. The van der Waals surface area contributed by atoms with Crippen LogP contribution in [0.2, 0.25) is 0 Å². The Morgan fingerprint density at radius 3 is 2.48 bits per heavy atom. The lowest BCUT2D eigenvalue weighted by Gasteiger charge is -2.30.